The average Bonchev–Trinajstić information content (AvgIpc) is 2.84. The maximum atomic E-state index is 11.2. The number of amides is 2. The second-order valence-corrected chi connectivity index (χ2v) is 4.14. The van der Waals surface area contributed by atoms with Gasteiger partial charge in [-0.05, 0) is 13.3 Å². The molecular formula is C15H19NO3. The molecule has 0 radical (unpaired) electrons. The van der Waals surface area contributed by atoms with Crippen LogP contribution in [0.2, 0.25) is 0 Å². The summed E-state index contributed by atoms with van der Waals surface area (Å²) in [5.41, 5.74) is 1.32. The van der Waals surface area contributed by atoms with Crippen molar-refractivity contribution >= 4 is 12.0 Å². The zero-order valence-electron chi connectivity index (χ0n) is 11.2. The van der Waals surface area contributed by atoms with Crippen LogP contribution >= 0.6 is 0 Å². The molecule has 0 N–H and O–H groups in total. The molecule has 1 heterocycles. The van der Waals surface area contributed by atoms with E-state index in [9.17, 15) is 9.59 Å². The quantitative estimate of drug-likeness (QED) is 0.786. The molecule has 19 heavy (non-hydrogen) atoms. The van der Waals surface area contributed by atoms with Crippen molar-refractivity contribution < 1.29 is 14.3 Å². The number of hydrogen-bond donors (Lipinski definition) is 0. The summed E-state index contributed by atoms with van der Waals surface area (Å²) in [6.07, 6.45) is 2.06. The molecule has 2 rings (SSSR count). The number of hydrogen-bond acceptors (Lipinski definition) is 3. The largest absolute Gasteiger partial charge is 0.447 e. The number of nitrogens with zero attached hydrogens (tertiary/aromatic N) is 1. The highest BCUT2D eigenvalue weighted by atomic mass is 16.6. The van der Waals surface area contributed by atoms with Crippen LogP contribution in [-0.2, 0) is 9.53 Å². The molecule has 0 aliphatic carbocycles. The molecule has 0 bridgehead atoms. The number of carbonyl (C=O) groups excluding carboxylic acids is 2. The average molecular weight is 261 g/mol. The minimum absolute atomic E-state index is 0.183. The van der Waals surface area contributed by atoms with E-state index < -0.39 is 6.09 Å². The third kappa shape index (κ3) is 5.38. The Morgan fingerprint density at radius 3 is 2.53 bits per heavy atom. The van der Waals surface area contributed by atoms with Gasteiger partial charge in [-0.2, -0.15) is 0 Å². The van der Waals surface area contributed by atoms with Crippen molar-refractivity contribution in [3.63, 3.8) is 0 Å². The molecule has 0 unspecified atom stereocenters. The van der Waals surface area contributed by atoms with E-state index in [-0.39, 0.29) is 5.91 Å². The lowest BCUT2D eigenvalue weighted by Crippen LogP contribution is -2.31. The van der Waals surface area contributed by atoms with Crippen LogP contribution in [0.5, 0.6) is 0 Å². The van der Waals surface area contributed by atoms with E-state index in [1.807, 2.05) is 18.2 Å². The fraction of sp³-hybridized carbons (Fsp3) is 0.333. The van der Waals surface area contributed by atoms with Gasteiger partial charge in [0, 0.05) is 6.42 Å². The van der Waals surface area contributed by atoms with Crippen molar-refractivity contribution in [1.82, 2.24) is 4.90 Å². The first-order valence-corrected chi connectivity index (χ1v) is 6.25. The maximum Gasteiger partial charge on any atom is 0.416 e. The standard InChI is InChI=1S/C8H11NO3.C7H8/c1-2-3-4-7(10)9-5-6-12-8(9)11;1-7-5-3-2-4-6-7/h2H,1,3-6H2;2-6H,1H3. The van der Waals surface area contributed by atoms with Crippen LogP contribution in [0.1, 0.15) is 18.4 Å². The molecule has 4 heteroatoms. The zero-order chi connectivity index (χ0) is 14.1. The Kier molecular flexibility index (Phi) is 6.36. The lowest BCUT2D eigenvalue weighted by Gasteiger charge is -2.08. The summed E-state index contributed by atoms with van der Waals surface area (Å²) in [6.45, 7) is 6.28. The lowest BCUT2D eigenvalue weighted by molar-refractivity contribution is -0.127. The highest BCUT2D eigenvalue weighted by Crippen LogP contribution is 2.06. The minimum Gasteiger partial charge on any atom is -0.447 e. The van der Waals surface area contributed by atoms with Gasteiger partial charge in [-0.15, -0.1) is 6.58 Å². The van der Waals surface area contributed by atoms with Gasteiger partial charge in [0.25, 0.3) is 0 Å². The van der Waals surface area contributed by atoms with Gasteiger partial charge in [-0.3, -0.25) is 4.79 Å². The fourth-order valence-corrected chi connectivity index (χ4v) is 1.51. The lowest BCUT2D eigenvalue weighted by atomic mass is 10.2. The number of imide groups is 1. The van der Waals surface area contributed by atoms with Gasteiger partial charge in [-0.25, -0.2) is 9.69 Å². The Morgan fingerprint density at radius 2 is 2.11 bits per heavy atom. The normalized spacial score (nSPS) is 13.3. The van der Waals surface area contributed by atoms with Crippen molar-refractivity contribution in [3.8, 4) is 0 Å². The van der Waals surface area contributed by atoms with Gasteiger partial charge in [0.05, 0.1) is 6.54 Å². The second-order valence-electron chi connectivity index (χ2n) is 4.14. The molecule has 102 valence electrons. The molecule has 0 atom stereocenters. The maximum absolute atomic E-state index is 11.2. The van der Waals surface area contributed by atoms with E-state index in [0.717, 1.165) is 4.90 Å². The first-order valence-electron chi connectivity index (χ1n) is 6.25. The first kappa shape index (κ1) is 15.0. The number of ether oxygens (including phenoxy) is 1. The Balaban J connectivity index is 0.000000218. The summed E-state index contributed by atoms with van der Waals surface area (Å²) < 4.78 is 4.61. The van der Waals surface area contributed by atoms with Gasteiger partial charge in [0.2, 0.25) is 5.91 Å². The summed E-state index contributed by atoms with van der Waals surface area (Å²) in [5, 5.41) is 0. The van der Waals surface area contributed by atoms with Crippen LogP contribution in [0.4, 0.5) is 4.79 Å². The highest BCUT2D eigenvalue weighted by Gasteiger charge is 2.27. The van der Waals surface area contributed by atoms with Crippen LogP contribution in [-0.4, -0.2) is 30.1 Å². The predicted octanol–water partition coefficient (Wildman–Crippen LogP) is 2.93. The zero-order valence-corrected chi connectivity index (χ0v) is 11.2. The predicted molar refractivity (Wildman–Crippen MR) is 73.7 cm³/mol. The molecule has 0 aromatic heterocycles. The number of rotatable bonds is 3. The molecule has 0 spiro atoms. The molecule has 0 saturated carbocycles. The topological polar surface area (TPSA) is 46.6 Å². The summed E-state index contributed by atoms with van der Waals surface area (Å²) in [4.78, 5) is 23.2. The summed E-state index contributed by atoms with van der Waals surface area (Å²) in [6, 6.07) is 10.3. The van der Waals surface area contributed by atoms with E-state index in [1.165, 1.54) is 5.56 Å². The molecule has 1 aromatic rings. The van der Waals surface area contributed by atoms with E-state index in [0.29, 0.717) is 26.0 Å². The van der Waals surface area contributed by atoms with Crippen LogP contribution in [0.25, 0.3) is 0 Å². The molecule has 1 aliphatic rings. The Morgan fingerprint density at radius 1 is 1.42 bits per heavy atom. The Bertz CT molecular complexity index is 428. The van der Waals surface area contributed by atoms with Crippen molar-refractivity contribution in [2.45, 2.75) is 19.8 Å². The number of aryl methyl sites for hydroxylation is 1. The van der Waals surface area contributed by atoms with Crippen LogP contribution in [0.3, 0.4) is 0 Å². The van der Waals surface area contributed by atoms with E-state index in [2.05, 4.69) is 30.4 Å². The third-order valence-electron chi connectivity index (χ3n) is 2.56. The number of carbonyl (C=O) groups is 2. The molecule has 1 aliphatic heterocycles. The molecule has 1 saturated heterocycles. The monoisotopic (exact) mass is 261 g/mol. The number of benzene rings is 1. The van der Waals surface area contributed by atoms with Crippen LogP contribution in [0, 0.1) is 6.92 Å². The molecule has 1 fully saturated rings. The van der Waals surface area contributed by atoms with Gasteiger partial charge in [-0.1, -0.05) is 42.0 Å². The molecule has 2 amide bonds. The third-order valence-corrected chi connectivity index (χ3v) is 2.56. The molecule has 4 nitrogen and oxygen atoms in total. The van der Waals surface area contributed by atoms with Crippen molar-refractivity contribution in [1.29, 1.82) is 0 Å². The Hall–Kier alpha value is -2.10. The van der Waals surface area contributed by atoms with E-state index in [4.69, 9.17) is 0 Å². The SMILES string of the molecule is C=CCCC(=O)N1CCOC1=O.Cc1ccccc1. The smallest absolute Gasteiger partial charge is 0.416 e. The van der Waals surface area contributed by atoms with Crippen molar-refractivity contribution in [3.05, 3.63) is 48.6 Å². The van der Waals surface area contributed by atoms with Crippen LogP contribution < -0.4 is 0 Å². The minimum atomic E-state index is -0.524. The molecule has 1 aromatic carbocycles. The van der Waals surface area contributed by atoms with Gasteiger partial charge >= 0.3 is 6.09 Å². The second kappa shape index (κ2) is 8.08. The summed E-state index contributed by atoms with van der Waals surface area (Å²) in [5.74, 6) is -0.183. The summed E-state index contributed by atoms with van der Waals surface area (Å²) in [7, 11) is 0. The van der Waals surface area contributed by atoms with Crippen LogP contribution in [0.15, 0.2) is 43.0 Å². The van der Waals surface area contributed by atoms with Gasteiger partial charge in [0.15, 0.2) is 0 Å². The molecular weight excluding hydrogens is 242 g/mol. The Labute approximate surface area is 113 Å². The first-order chi connectivity index (χ1) is 9.15. The van der Waals surface area contributed by atoms with E-state index in [1.54, 1.807) is 6.08 Å². The fourth-order valence-electron chi connectivity index (χ4n) is 1.51. The number of cyclic esters (lactones) is 1. The van der Waals surface area contributed by atoms with Crippen molar-refractivity contribution in [2.24, 2.45) is 0 Å². The highest BCUT2D eigenvalue weighted by molar-refractivity contribution is 5.92. The van der Waals surface area contributed by atoms with Gasteiger partial charge in [0.1, 0.15) is 6.61 Å². The number of allylic oxidation sites excluding steroid dienone is 1. The van der Waals surface area contributed by atoms with E-state index >= 15 is 0 Å². The summed E-state index contributed by atoms with van der Waals surface area (Å²) >= 11 is 0. The van der Waals surface area contributed by atoms with Crippen molar-refractivity contribution in [2.75, 3.05) is 13.2 Å². The van der Waals surface area contributed by atoms with Gasteiger partial charge < -0.3 is 4.74 Å².